The molecule has 0 fully saturated rings. The first-order chi connectivity index (χ1) is 15.9. The van der Waals surface area contributed by atoms with Gasteiger partial charge in [-0.2, -0.15) is 0 Å². The van der Waals surface area contributed by atoms with Gasteiger partial charge in [-0.3, -0.25) is 0 Å². The Kier molecular flexibility index (Phi) is 6.82. The van der Waals surface area contributed by atoms with Crippen molar-refractivity contribution < 1.29 is 19.1 Å². The van der Waals surface area contributed by atoms with E-state index in [2.05, 4.69) is 18.0 Å². The Morgan fingerprint density at radius 3 is 2.55 bits per heavy atom. The number of carbonyl (C=O) groups is 1. The minimum atomic E-state index is -0.797. The van der Waals surface area contributed by atoms with Gasteiger partial charge in [0.2, 0.25) is 5.89 Å². The van der Waals surface area contributed by atoms with Gasteiger partial charge in [0.05, 0.1) is 12.3 Å². The number of rotatable bonds is 9. The first-order valence-corrected chi connectivity index (χ1v) is 11.3. The maximum absolute atomic E-state index is 11.9. The fourth-order valence-electron chi connectivity index (χ4n) is 4.34. The first-order valence-electron chi connectivity index (χ1n) is 11.3. The van der Waals surface area contributed by atoms with Crippen molar-refractivity contribution in [2.75, 3.05) is 6.61 Å². The van der Waals surface area contributed by atoms with E-state index >= 15 is 0 Å². The van der Waals surface area contributed by atoms with Gasteiger partial charge in [-0.15, -0.1) is 0 Å². The number of allylic oxidation sites excluding steroid dienone is 1. The monoisotopic (exact) mass is 446 g/mol. The molecule has 1 aromatic heterocycles. The van der Waals surface area contributed by atoms with Crippen molar-refractivity contribution >= 4 is 5.97 Å². The van der Waals surface area contributed by atoms with Gasteiger partial charge >= 0.3 is 5.97 Å². The predicted molar refractivity (Wildman–Crippen MR) is 127 cm³/mol. The van der Waals surface area contributed by atoms with Gasteiger partial charge in [-0.1, -0.05) is 36.4 Å². The minimum Gasteiger partial charge on any atom is -0.493 e. The van der Waals surface area contributed by atoms with Crippen LogP contribution in [0.15, 0.2) is 70.8 Å². The summed E-state index contributed by atoms with van der Waals surface area (Å²) >= 11 is 0. The summed E-state index contributed by atoms with van der Waals surface area (Å²) in [4.78, 5) is 18.6. The SMILES string of the molecule is CC1=CCC(C)N1[C@@H](Cc1ccc(OCCc2nc(-c3ccccc3)oc2C)cc1)C(=O)O. The zero-order valence-corrected chi connectivity index (χ0v) is 19.3. The second-order valence-electron chi connectivity index (χ2n) is 8.53. The Balaban J connectivity index is 1.33. The fraction of sp³-hybridized carbons (Fsp3) is 0.333. The summed E-state index contributed by atoms with van der Waals surface area (Å²) in [6, 6.07) is 17.2. The number of hydrogen-bond donors (Lipinski definition) is 1. The number of ether oxygens (including phenoxy) is 1. The summed E-state index contributed by atoms with van der Waals surface area (Å²) < 4.78 is 11.7. The third kappa shape index (κ3) is 5.28. The number of hydrogen-bond acceptors (Lipinski definition) is 5. The summed E-state index contributed by atoms with van der Waals surface area (Å²) in [5.74, 6) is 1.38. The van der Waals surface area contributed by atoms with Crippen LogP contribution in [0.1, 0.15) is 37.3 Å². The second kappa shape index (κ2) is 9.94. The molecule has 0 saturated heterocycles. The molecule has 2 heterocycles. The van der Waals surface area contributed by atoms with Crippen molar-refractivity contribution in [3.8, 4) is 17.2 Å². The van der Waals surface area contributed by atoms with E-state index in [1.807, 2.05) is 73.3 Å². The van der Waals surface area contributed by atoms with Crippen molar-refractivity contribution in [2.45, 2.75) is 52.1 Å². The van der Waals surface area contributed by atoms with Gasteiger partial charge in [0.15, 0.2) is 0 Å². The molecule has 2 aromatic carbocycles. The largest absolute Gasteiger partial charge is 0.493 e. The van der Waals surface area contributed by atoms with Crippen LogP contribution in [0.5, 0.6) is 5.75 Å². The summed E-state index contributed by atoms with van der Waals surface area (Å²) in [5, 5.41) is 9.80. The van der Waals surface area contributed by atoms with Crippen LogP contribution in [0.25, 0.3) is 11.5 Å². The second-order valence-corrected chi connectivity index (χ2v) is 8.53. The van der Waals surface area contributed by atoms with Gasteiger partial charge in [0, 0.05) is 30.1 Å². The highest BCUT2D eigenvalue weighted by Crippen LogP contribution is 2.27. The standard InChI is InChI=1S/C27H30N2O4/c1-18-9-10-19(2)29(18)25(27(30)31)17-21-11-13-23(14-12-21)32-16-15-24-20(3)33-26(28-24)22-7-5-4-6-8-22/h4-9,11-14,19,25H,10,15-17H2,1-3H3,(H,30,31)/t19?,25-/m0/s1. The zero-order chi connectivity index (χ0) is 23.4. The van der Waals surface area contributed by atoms with Crippen LogP contribution < -0.4 is 4.74 Å². The minimum absolute atomic E-state index is 0.205. The van der Waals surface area contributed by atoms with Gasteiger partial charge in [-0.25, -0.2) is 9.78 Å². The molecular weight excluding hydrogens is 416 g/mol. The molecule has 0 spiro atoms. The molecule has 0 bridgehead atoms. The predicted octanol–water partition coefficient (Wildman–Crippen LogP) is 5.27. The molecule has 1 N–H and O–H groups in total. The quantitative estimate of drug-likeness (QED) is 0.483. The molecule has 0 amide bonds. The molecule has 0 radical (unpaired) electrons. The number of aryl methyl sites for hydroxylation is 1. The van der Waals surface area contributed by atoms with Crippen molar-refractivity contribution in [2.24, 2.45) is 0 Å². The molecule has 0 aliphatic carbocycles. The number of aromatic nitrogens is 1. The summed E-state index contributed by atoms with van der Waals surface area (Å²) in [6.45, 7) is 6.45. The lowest BCUT2D eigenvalue weighted by Gasteiger charge is -2.32. The molecule has 2 atom stereocenters. The Hall–Kier alpha value is -3.54. The van der Waals surface area contributed by atoms with Crippen LogP contribution in [0.3, 0.4) is 0 Å². The summed E-state index contributed by atoms with van der Waals surface area (Å²) in [5.41, 5.74) is 3.85. The Morgan fingerprint density at radius 1 is 1.18 bits per heavy atom. The van der Waals surface area contributed by atoms with Crippen LogP contribution >= 0.6 is 0 Å². The molecule has 172 valence electrons. The lowest BCUT2D eigenvalue weighted by Crippen LogP contribution is -2.44. The molecule has 3 aromatic rings. The lowest BCUT2D eigenvalue weighted by atomic mass is 10.0. The number of aliphatic carboxylic acids is 1. The lowest BCUT2D eigenvalue weighted by molar-refractivity contribution is -0.143. The number of oxazole rings is 1. The Morgan fingerprint density at radius 2 is 1.91 bits per heavy atom. The highest BCUT2D eigenvalue weighted by molar-refractivity contribution is 5.74. The zero-order valence-electron chi connectivity index (χ0n) is 19.3. The van der Waals surface area contributed by atoms with E-state index in [-0.39, 0.29) is 6.04 Å². The van der Waals surface area contributed by atoms with Gasteiger partial charge in [0.1, 0.15) is 17.6 Å². The van der Waals surface area contributed by atoms with Gasteiger partial charge in [0.25, 0.3) is 0 Å². The number of carboxylic acid groups (broad SMARTS) is 1. The van der Waals surface area contributed by atoms with E-state index in [1.165, 1.54) is 0 Å². The summed E-state index contributed by atoms with van der Waals surface area (Å²) in [6.07, 6.45) is 4.09. The van der Waals surface area contributed by atoms with Crippen LogP contribution in [-0.4, -0.2) is 39.7 Å². The van der Waals surface area contributed by atoms with Crippen molar-refractivity contribution in [3.05, 3.63) is 83.4 Å². The molecule has 6 nitrogen and oxygen atoms in total. The Labute approximate surface area is 194 Å². The molecule has 1 aliphatic heterocycles. The number of nitrogens with zero attached hydrogens (tertiary/aromatic N) is 2. The molecule has 33 heavy (non-hydrogen) atoms. The normalized spacial score (nSPS) is 16.5. The average molecular weight is 447 g/mol. The first kappa shape index (κ1) is 22.6. The molecule has 6 heteroatoms. The van der Waals surface area contributed by atoms with E-state index < -0.39 is 12.0 Å². The molecular formula is C27H30N2O4. The molecule has 1 aliphatic rings. The Bertz CT molecular complexity index is 1120. The maximum Gasteiger partial charge on any atom is 0.326 e. The molecule has 0 saturated carbocycles. The average Bonchev–Trinajstić information content (AvgIpc) is 3.35. The smallest absolute Gasteiger partial charge is 0.326 e. The topological polar surface area (TPSA) is 75.8 Å². The van der Waals surface area contributed by atoms with Crippen LogP contribution in [0, 0.1) is 6.92 Å². The van der Waals surface area contributed by atoms with E-state index in [9.17, 15) is 9.90 Å². The third-order valence-corrected chi connectivity index (χ3v) is 6.13. The van der Waals surface area contributed by atoms with Gasteiger partial charge < -0.3 is 19.2 Å². The number of carboxylic acids is 1. The van der Waals surface area contributed by atoms with E-state index in [0.29, 0.717) is 25.3 Å². The summed E-state index contributed by atoms with van der Waals surface area (Å²) in [7, 11) is 0. The molecule has 1 unspecified atom stereocenters. The van der Waals surface area contributed by atoms with Gasteiger partial charge in [-0.05, 0) is 57.0 Å². The third-order valence-electron chi connectivity index (χ3n) is 6.13. The highest BCUT2D eigenvalue weighted by atomic mass is 16.5. The highest BCUT2D eigenvalue weighted by Gasteiger charge is 2.32. The maximum atomic E-state index is 11.9. The van der Waals surface area contributed by atoms with Crippen molar-refractivity contribution in [3.63, 3.8) is 0 Å². The van der Waals surface area contributed by atoms with Crippen LogP contribution in [0.2, 0.25) is 0 Å². The molecule has 4 rings (SSSR count). The van der Waals surface area contributed by atoms with Crippen LogP contribution in [0.4, 0.5) is 0 Å². The van der Waals surface area contributed by atoms with Crippen LogP contribution in [-0.2, 0) is 17.6 Å². The van der Waals surface area contributed by atoms with Crippen molar-refractivity contribution in [1.29, 1.82) is 0 Å². The van der Waals surface area contributed by atoms with E-state index in [0.717, 1.165) is 40.4 Å². The van der Waals surface area contributed by atoms with Crippen molar-refractivity contribution in [1.82, 2.24) is 9.88 Å². The van der Waals surface area contributed by atoms with E-state index in [1.54, 1.807) is 0 Å². The van der Waals surface area contributed by atoms with E-state index in [4.69, 9.17) is 9.15 Å². The number of benzene rings is 2. The fourth-order valence-corrected chi connectivity index (χ4v) is 4.34.